The van der Waals surface area contributed by atoms with Crippen LogP contribution >= 0.6 is 0 Å². The summed E-state index contributed by atoms with van der Waals surface area (Å²) in [6.45, 7) is 7.91. The first-order valence-electron chi connectivity index (χ1n) is 8.43. The van der Waals surface area contributed by atoms with E-state index in [4.69, 9.17) is 0 Å². The predicted octanol–water partition coefficient (Wildman–Crippen LogP) is 3.55. The Bertz CT molecular complexity index is 865. The van der Waals surface area contributed by atoms with Crippen molar-refractivity contribution in [3.8, 4) is 0 Å². The van der Waals surface area contributed by atoms with E-state index in [1.165, 1.54) is 7.05 Å². The average molecular weight is 375 g/mol. The van der Waals surface area contributed by atoms with Crippen molar-refractivity contribution < 1.29 is 13.2 Å². The van der Waals surface area contributed by atoms with Crippen LogP contribution in [0.4, 0.5) is 5.69 Å². The molecule has 0 heterocycles. The molecular weight excluding hydrogens is 348 g/mol. The van der Waals surface area contributed by atoms with Gasteiger partial charge in [0.15, 0.2) is 0 Å². The molecule has 2 rings (SSSR count). The molecule has 0 aliphatic heterocycles. The standard InChI is InChI=1S/C20H26N2O3S/c1-15-6-10-17(11-7-15)21-19(23)14-22(5)26(24,25)18-12-8-16(9-13-18)20(2,3)4/h6-13H,14H2,1-5H3,(H,21,23). The lowest BCUT2D eigenvalue weighted by Crippen LogP contribution is -2.35. The van der Waals surface area contributed by atoms with Crippen molar-refractivity contribution in [1.82, 2.24) is 4.31 Å². The van der Waals surface area contributed by atoms with Crippen molar-refractivity contribution in [3.05, 3.63) is 59.7 Å². The van der Waals surface area contributed by atoms with Crippen LogP contribution in [-0.4, -0.2) is 32.2 Å². The molecule has 0 unspecified atom stereocenters. The maximum absolute atomic E-state index is 12.7. The maximum Gasteiger partial charge on any atom is 0.243 e. The third-order valence-corrected chi connectivity index (χ3v) is 5.95. The predicted molar refractivity (Wildman–Crippen MR) is 105 cm³/mol. The van der Waals surface area contributed by atoms with E-state index < -0.39 is 10.0 Å². The highest BCUT2D eigenvalue weighted by Gasteiger charge is 2.24. The molecule has 1 N–H and O–H groups in total. The Balaban J connectivity index is 2.08. The number of aryl methyl sites for hydroxylation is 1. The first kappa shape index (κ1) is 20.1. The van der Waals surface area contributed by atoms with Gasteiger partial charge in [-0.3, -0.25) is 4.79 Å². The van der Waals surface area contributed by atoms with E-state index in [1.54, 1.807) is 24.3 Å². The lowest BCUT2D eigenvalue weighted by Gasteiger charge is -2.20. The molecule has 0 aromatic heterocycles. The summed E-state index contributed by atoms with van der Waals surface area (Å²) < 4.78 is 26.4. The van der Waals surface area contributed by atoms with Crippen LogP contribution in [0.25, 0.3) is 0 Å². The number of hydrogen-bond donors (Lipinski definition) is 1. The number of sulfonamides is 1. The summed E-state index contributed by atoms with van der Waals surface area (Å²) >= 11 is 0. The molecule has 0 aliphatic rings. The number of benzene rings is 2. The van der Waals surface area contributed by atoms with Gasteiger partial charge in [0, 0.05) is 12.7 Å². The van der Waals surface area contributed by atoms with Crippen LogP contribution in [0.15, 0.2) is 53.4 Å². The fourth-order valence-corrected chi connectivity index (χ4v) is 3.56. The van der Waals surface area contributed by atoms with Crippen LogP contribution in [-0.2, 0) is 20.2 Å². The Labute approximate surface area is 156 Å². The number of nitrogens with zero attached hydrogens (tertiary/aromatic N) is 1. The van der Waals surface area contributed by atoms with Gasteiger partial charge in [-0.1, -0.05) is 50.6 Å². The Morgan fingerprint density at radius 1 is 1.00 bits per heavy atom. The van der Waals surface area contributed by atoms with Crippen LogP contribution in [0, 0.1) is 6.92 Å². The number of likely N-dealkylation sites (N-methyl/N-ethyl adjacent to an activating group) is 1. The van der Waals surface area contributed by atoms with Crippen molar-refractivity contribution in [2.75, 3.05) is 18.9 Å². The monoisotopic (exact) mass is 374 g/mol. The van der Waals surface area contributed by atoms with Gasteiger partial charge in [0.05, 0.1) is 11.4 Å². The molecule has 5 nitrogen and oxygen atoms in total. The van der Waals surface area contributed by atoms with E-state index in [-0.39, 0.29) is 22.8 Å². The van der Waals surface area contributed by atoms with E-state index in [2.05, 4.69) is 26.1 Å². The van der Waals surface area contributed by atoms with Crippen molar-refractivity contribution in [2.24, 2.45) is 0 Å². The smallest absolute Gasteiger partial charge is 0.243 e. The van der Waals surface area contributed by atoms with E-state index in [9.17, 15) is 13.2 Å². The van der Waals surface area contributed by atoms with Gasteiger partial charge in [-0.2, -0.15) is 4.31 Å². The summed E-state index contributed by atoms with van der Waals surface area (Å²) in [7, 11) is -2.32. The van der Waals surface area contributed by atoms with Crippen LogP contribution in [0.3, 0.4) is 0 Å². The van der Waals surface area contributed by atoms with Gasteiger partial charge in [-0.15, -0.1) is 0 Å². The molecule has 0 atom stereocenters. The highest BCUT2D eigenvalue weighted by Crippen LogP contribution is 2.24. The molecule has 0 aliphatic carbocycles. The van der Waals surface area contributed by atoms with Crippen LogP contribution in [0.2, 0.25) is 0 Å². The Hall–Kier alpha value is -2.18. The molecule has 26 heavy (non-hydrogen) atoms. The number of carbonyl (C=O) groups is 1. The maximum atomic E-state index is 12.7. The Kier molecular flexibility index (Phi) is 5.88. The number of rotatable bonds is 5. The molecule has 0 saturated carbocycles. The number of carbonyl (C=O) groups excluding carboxylic acids is 1. The van der Waals surface area contributed by atoms with Crippen molar-refractivity contribution in [2.45, 2.75) is 38.0 Å². The molecule has 2 aromatic rings. The number of nitrogens with one attached hydrogen (secondary N) is 1. The number of anilines is 1. The topological polar surface area (TPSA) is 66.5 Å². The van der Waals surface area contributed by atoms with Crippen molar-refractivity contribution >= 4 is 21.6 Å². The largest absolute Gasteiger partial charge is 0.325 e. The minimum absolute atomic E-state index is 0.0535. The molecule has 0 saturated heterocycles. The zero-order valence-corrected chi connectivity index (χ0v) is 16.7. The normalized spacial score (nSPS) is 12.2. The van der Waals surface area contributed by atoms with E-state index >= 15 is 0 Å². The SMILES string of the molecule is Cc1ccc(NC(=O)CN(C)S(=O)(=O)c2ccc(C(C)(C)C)cc2)cc1. The fraction of sp³-hybridized carbons (Fsp3) is 0.350. The molecule has 2 aromatic carbocycles. The summed E-state index contributed by atoms with van der Waals surface area (Å²) in [5.74, 6) is -0.383. The first-order chi connectivity index (χ1) is 12.0. The molecule has 140 valence electrons. The summed E-state index contributed by atoms with van der Waals surface area (Å²) in [6.07, 6.45) is 0. The summed E-state index contributed by atoms with van der Waals surface area (Å²) in [5.41, 5.74) is 2.72. The van der Waals surface area contributed by atoms with Gasteiger partial charge in [0.2, 0.25) is 15.9 Å². The van der Waals surface area contributed by atoms with Crippen molar-refractivity contribution in [1.29, 1.82) is 0 Å². The average Bonchev–Trinajstić information content (AvgIpc) is 2.56. The zero-order chi connectivity index (χ0) is 19.5. The highest BCUT2D eigenvalue weighted by molar-refractivity contribution is 7.89. The Morgan fingerprint density at radius 3 is 2.04 bits per heavy atom. The van der Waals surface area contributed by atoms with Crippen LogP contribution < -0.4 is 5.32 Å². The molecule has 1 amide bonds. The van der Waals surface area contributed by atoms with E-state index in [0.29, 0.717) is 5.69 Å². The number of hydrogen-bond acceptors (Lipinski definition) is 3. The second kappa shape index (κ2) is 7.60. The van der Waals surface area contributed by atoms with Gasteiger partial charge >= 0.3 is 0 Å². The van der Waals surface area contributed by atoms with Crippen LogP contribution in [0.5, 0.6) is 0 Å². The van der Waals surface area contributed by atoms with Gasteiger partial charge in [0.25, 0.3) is 0 Å². The second-order valence-electron chi connectivity index (χ2n) is 7.45. The minimum Gasteiger partial charge on any atom is -0.325 e. The third-order valence-electron chi connectivity index (χ3n) is 4.13. The van der Waals surface area contributed by atoms with Crippen molar-refractivity contribution in [3.63, 3.8) is 0 Å². The first-order valence-corrected chi connectivity index (χ1v) is 9.87. The minimum atomic E-state index is -3.72. The quantitative estimate of drug-likeness (QED) is 0.870. The second-order valence-corrected chi connectivity index (χ2v) is 9.49. The molecule has 0 bridgehead atoms. The Morgan fingerprint density at radius 2 is 1.54 bits per heavy atom. The van der Waals surface area contributed by atoms with Gasteiger partial charge in [-0.05, 0) is 42.2 Å². The van der Waals surface area contributed by atoms with E-state index in [1.807, 2.05) is 31.2 Å². The lowest BCUT2D eigenvalue weighted by molar-refractivity contribution is -0.116. The third kappa shape index (κ3) is 4.93. The summed E-state index contributed by atoms with van der Waals surface area (Å²) in [4.78, 5) is 12.3. The summed E-state index contributed by atoms with van der Waals surface area (Å²) in [6, 6.07) is 14.1. The zero-order valence-electron chi connectivity index (χ0n) is 15.9. The molecule has 0 fully saturated rings. The molecular formula is C20H26N2O3S. The number of amides is 1. The molecule has 0 spiro atoms. The highest BCUT2D eigenvalue weighted by atomic mass is 32.2. The van der Waals surface area contributed by atoms with Gasteiger partial charge in [-0.25, -0.2) is 8.42 Å². The molecule has 6 heteroatoms. The van der Waals surface area contributed by atoms with Gasteiger partial charge < -0.3 is 5.32 Å². The van der Waals surface area contributed by atoms with Crippen LogP contribution in [0.1, 0.15) is 31.9 Å². The summed E-state index contributed by atoms with van der Waals surface area (Å²) in [5, 5.41) is 2.71. The molecule has 0 radical (unpaired) electrons. The lowest BCUT2D eigenvalue weighted by atomic mass is 9.87. The van der Waals surface area contributed by atoms with Gasteiger partial charge in [0.1, 0.15) is 0 Å². The fourth-order valence-electron chi connectivity index (χ4n) is 2.43. The van der Waals surface area contributed by atoms with E-state index in [0.717, 1.165) is 15.4 Å².